The van der Waals surface area contributed by atoms with Crippen molar-refractivity contribution in [3.05, 3.63) is 29.8 Å². The van der Waals surface area contributed by atoms with Gasteiger partial charge in [-0.2, -0.15) is 0 Å². The van der Waals surface area contributed by atoms with Crippen LogP contribution in [0.2, 0.25) is 0 Å². The number of sulfone groups is 1. The molecule has 1 aliphatic rings. The fraction of sp³-hybridized carbons (Fsp3) is 0.462. The summed E-state index contributed by atoms with van der Waals surface area (Å²) in [5.74, 6) is -0.313. The van der Waals surface area contributed by atoms with Gasteiger partial charge in [0.2, 0.25) is 0 Å². The third kappa shape index (κ3) is 2.14. The van der Waals surface area contributed by atoms with Crippen LogP contribution in [0.15, 0.2) is 29.2 Å². The van der Waals surface area contributed by atoms with Gasteiger partial charge in [0.05, 0.1) is 10.1 Å². The molecule has 17 heavy (non-hydrogen) atoms. The first-order valence-electron chi connectivity index (χ1n) is 5.76. The standard InChI is InChI=1S/C13H16O3S/c1-9-4-3-5-11(8-9)17(15,16)13-7-6-12(14)10(13)2/h3-5,8,10,13H,6-7H2,1-2H3. The van der Waals surface area contributed by atoms with E-state index in [1.807, 2.05) is 13.0 Å². The zero-order valence-electron chi connectivity index (χ0n) is 10.0. The number of benzene rings is 1. The predicted molar refractivity (Wildman–Crippen MR) is 65.6 cm³/mol. The second kappa shape index (κ2) is 4.26. The topological polar surface area (TPSA) is 51.2 Å². The Morgan fingerprint density at radius 1 is 1.29 bits per heavy atom. The van der Waals surface area contributed by atoms with Gasteiger partial charge in [-0.25, -0.2) is 8.42 Å². The van der Waals surface area contributed by atoms with Gasteiger partial charge in [-0.05, 0) is 31.0 Å². The largest absolute Gasteiger partial charge is 0.299 e. The summed E-state index contributed by atoms with van der Waals surface area (Å²) in [5, 5.41) is -0.545. The predicted octanol–water partition coefficient (Wildman–Crippen LogP) is 2.14. The van der Waals surface area contributed by atoms with Crippen LogP contribution in [-0.4, -0.2) is 19.5 Å². The Morgan fingerprint density at radius 2 is 2.00 bits per heavy atom. The molecule has 0 amide bonds. The number of aryl methyl sites for hydroxylation is 1. The minimum Gasteiger partial charge on any atom is -0.299 e. The lowest BCUT2D eigenvalue weighted by Gasteiger charge is -2.15. The highest BCUT2D eigenvalue weighted by atomic mass is 32.2. The van der Waals surface area contributed by atoms with Crippen LogP contribution in [-0.2, 0) is 14.6 Å². The van der Waals surface area contributed by atoms with E-state index in [9.17, 15) is 13.2 Å². The molecule has 0 spiro atoms. The van der Waals surface area contributed by atoms with E-state index in [1.165, 1.54) is 0 Å². The summed E-state index contributed by atoms with van der Waals surface area (Å²) < 4.78 is 24.8. The summed E-state index contributed by atoms with van der Waals surface area (Å²) in [7, 11) is -3.36. The molecule has 0 saturated heterocycles. The average molecular weight is 252 g/mol. The minimum absolute atomic E-state index is 0.0613. The summed E-state index contributed by atoms with van der Waals surface area (Å²) in [6, 6.07) is 6.88. The lowest BCUT2D eigenvalue weighted by molar-refractivity contribution is -0.120. The summed E-state index contributed by atoms with van der Waals surface area (Å²) in [4.78, 5) is 11.8. The number of hydrogen-bond donors (Lipinski definition) is 0. The lowest BCUT2D eigenvalue weighted by Crippen LogP contribution is -2.26. The number of carbonyl (C=O) groups is 1. The second-order valence-corrected chi connectivity index (χ2v) is 6.86. The van der Waals surface area contributed by atoms with Crippen molar-refractivity contribution in [2.75, 3.05) is 0 Å². The van der Waals surface area contributed by atoms with Gasteiger partial charge in [0.15, 0.2) is 9.84 Å². The van der Waals surface area contributed by atoms with Crippen molar-refractivity contribution in [3.8, 4) is 0 Å². The number of ketones is 1. The highest BCUT2D eigenvalue weighted by molar-refractivity contribution is 7.92. The van der Waals surface area contributed by atoms with Gasteiger partial charge in [0.1, 0.15) is 5.78 Å². The fourth-order valence-corrected chi connectivity index (χ4v) is 4.45. The molecule has 0 bridgehead atoms. The highest BCUT2D eigenvalue weighted by Crippen LogP contribution is 2.32. The van der Waals surface area contributed by atoms with Gasteiger partial charge in [-0.15, -0.1) is 0 Å². The van der Waals surface area contributed by atoms with Crippen LogP contribution in [0.25, 0.3) is 0 Å². The third-order valence-corrected chi connectivity index (χ3v) is 5.81. The van der Waals surface area contributed by atoms with Crippen molar-refractivity contribution in [2.45, 2.75) is 36.8 Å². The highest BCUT2D eigenvalue weighted by Gasteiger charge is 2.40. The summed E-state index contributed by atoms with van der Waals surface area (Å²) in [6.45, 7) is 3.58. The number of rotatable bonds is 2. The third-order valence-electron chi connectivity index (χ3n) is 3.46. The molecule has 1 aromatic carbocycles. The second-order valence-electron chi connectivity index (χ2n) is 4.69. The van der Waals surface area contributed by atoms with E-state index in [4.69, 9.17) is 0 Å². The Morgan fingerprint density at radius 3 is 2.53 bits per heavy atom. The van der Waals surface area contributed by atoms with Crippen LogP contribution in [0.5, 0.6) is 0 Å². The number of carbonyl (C=O) groups excluding carboxylic acids is 1. The molecule has 1 aliphatic carbocycles. The van der Waals surface area contributed by atoms with E-state index in [1.54, 1.807) is 25.1 Å². The van der Waals surface area contributed by atoms with Crippen LogP contribution in [0.1, 0.15) is 25.3 Å². The van der Waals surface area contributed by atoms with E-state index < -0.39 is 15.1 Å². The maximum atomic E-state index is 12.4. The Hall–Kier alpha value is -1.16. The fourth-order valence-electron chi connectivity index (χ4n) is 2.36. The SMILES string of the molecule is Cc1cccc(S(=O)(=O)C2CCC(=O)C2C)c1. The maximum absolute atomic E-state index is 12.4. The molecular formula is C13H16O3S. The van der Waals surface area contributed by atoms with Gasteiger partial charge in [0, 0.05) is 12.3 Å². The van der Waals surface area contributed by atoms with E-state index in [0.29, 0.717) is 17.7 Å². The van der Waals surface area contributed by atoms with Crippen molar-refractivity contribution < 1.29 is 13.2 Å². The van der Waals surface area contributed by atoms with Crippen molar-refractivity contribution >= 4 is 15.6 Å². The minimum atomic E-state index is -3.36. The quantitative estimate of drug-likeness (QED) is 0.810. The molecule has 0 aliphatic heterocycles. The van der Waals surface area contributed by atoms with E-state index in [-0.39, 0.29) is 11.7 Å². The normalized spacial score (nSPS) is 25.2. The summed E-state index contributed by atoms with van der Waals surface area (Å²) >= 11 is 0. The van der Waals surface area contributed by atoms with E-state index in [2.05, 4.69) is 0 Å². The van der Waals surface area contributed by atoms with Crippen molar-refractivity contribution in [2.24, 2.45) is 5.92 Å². The zero-order valence-corrected chi connectivity index (χ0v) is 10.8. The van der Waals surface area contributed by atoms with Crippen LogP contribution in [0.3, 0.4) is 0 Å². The van der Waals surface area contributed by atoms with Crippen molar-refractivity contribution in [3.63, 3.8) is 0 Å². The summed E-state index contributed by atoms with van der Waals surface area (Å²) in [6.07, 6.45) is 0.840. The van der Waals surface area contributed by atoms with Gasteiger partial charge >= 0.3 is 0 Å². The summed E-state index contributed by atoms with van der Waals surface area (Å²) in [5.41, 5.74) is 0.919. The molecule has 1 fully saturated rings. The van der Waals surface area contributed by atoms with Gasteiger partial charge < -0.3 is 0 Å². The molecule has 2 unspecified atom stereocenters. The van der Waals surface area contributed by atoms with Crippen LogP contribution in [0, 0.1) is 12.8 Å². The first-order chi connectivity index (χ1) is 7.93. The van der Waals surface area contributed by atoms with E-state index in [0.717, 1.165) is 5.56 Å². The molecule has 0 heterocycles. The van der Waals surface area contributed by atoms with Crippen molar-refractivity contribution in [1.82, 2.24) is 0 Å². The molecule has 3 nitrogen and oxygen atoms in total. The molecule has 1 saturated carbocycles. The average Bonchev–Trinajstić information content (AvgIpc) is 2.60. The molecule has 1 aromatic rings. The molecule has 2 rings (SSSR count). The van der Waals surface area contributed by atoms with E-state index >= 15 is 0 Å². The van der Waals surface area contributed by atoms with Crippen LogP contribution < -0.4 is 0 Å². The number of hydrogen-bond acceptors (Lipinski definition) is 3. The Labute approximate surface area is 102 Å². The van der Waals surface area contributed by atoms with Crippen LogP contribution in [0.4, 0.5) is 0 Å². The molecule has 0 N–H and O–H groups in total. The maximum Gasteiger partial charge on any atom is 0.181 e. The first-order valence-corrected chi connectivity index (χ1v) is 7.31. The smallest absolute Gasteiger partial charge is 0.181 e. The van der Waals surface area contributed by atoms with Gasteiger partial charge in [0.25, 0.3) is 0 Å². The Bertz CT molecular complexity index is 546. The number of Topliss-reactive ketones (excluding diaryl/α,β-unsaturated/α-hetero) is 1. The monoisotopic (exact) mass is 252 g/mol. The van der Waals surface area contributed by atoms with Gasteiger partial charge in [-0.3, -0.25) is 4.79 Å². The Kier molecular flexibility index (Phi) is 3.08. The first kappa shape index (κ1) is 12.3. The molecular weight excluding hydrogens is 236 g/mol. The van der Waals surface area contributed by atoms with Crippen molar-refractivity contribution in [1.29, 1.82) is 0 Å². The molecule has 0 radical (unpaired) electrons. The molecule has 92 valence electrons. The molecule has 0 aromatic heterocycles. The molecule has 2 atom stereocenters. The Balaban J connectivity index is 2.41. The molecule has 4 heteroatoms. The zero-order chi connectivity index (χ0) is 12.6. The lowest BCUT2D eigenvalue weighted by atomic mass is 10.1. The van der Waals surface area contributed by atoms with Gasteiger partial charge in [-0.1, -0.05) is 19.1 Å². The van der Waals surface area contributed by atoms with Crippen LogP contribution >= 0.6 is 0 Å².